The van der Waals surface area contributed by atoms with E-state index in [0.717, 1.165) is 26.1 Å². The molecular formula is C15H22FNO2. The van der Waals surface area contributed by atoms with Crippen LogP contribution in [0.4, 0.5) is 4.39 Å². The first-order chi connectivity index (χ1) is 9.10. The molecule has 0 amide bonds. The van der Waals surface area contributed by atoms with Crippen molar-refractivity contribution in [2.45, 2.75) is 32.0 Å². The van der Waals surface area contributed by atoms with Gasteiger partial charge in [-0.2, -0.15) is 0 Å². The summed E-state index contributed by atoms with van der Waals surface area (Å²) >= 11 is 0. The molecule has 1 aromatic rings. The molecule has 19 heavy (non-hydrogen) atoms. The molecule has 1 saturated heterocycles. The lowest BCUT2D eigenvalue weighted by Gasteiger charge is -2.18. The third kappa shape index (κ3) is 3.75. The molecule has 1 fully saturated rings. The van der Waals surface area contributed by atoms with Crippen LogP contribution in [0.2, 0.25) is 0 Å². The van der Waals surface area contributed by atoms with Gasteiger partial charge >= 0.3 is 0 Å². The molecule has 0 bridgehead atoms. The van der Waals surface area contributed by atoms with Gasteiger partial charge in [0.15, 0.2) is 0 Å². The number of halogens is 1. The van der Waals surface area contributed by atoms with Gasteiger partial charge in [0.2, 0.25) is 0 Å². The number of methoxy groups -OCH3 is 1. The monoisotopic (exact) mass is 267 g/mol. The van der Waals surface area contributed by atoms with Crippen molar-refractivity contribution in [3.8, 4) is 0 Å². The molecule has 1 heterocycles. The highest BCUT2D eigenvalue weighted by Gasteiger charge is 2.22. The first-order valence-corrected chi connectivity index (χ1v) is 6.79. The molecule has 0 radical (unpaired) electrons. The Kier molecular flexibility index (Phi) is 4.91. The number of aryl methyl sites for hydroxylation is 1. The maximum atomic E-state index is 13.4. The minimum Gasteiger partial charge on any atom is -0.388 e. The number of hydrogen-bond donors (Lipinski definition) is 1. The van der Waals surface area contributed by atoms with Crippen molar-refractivity contribution in [3.63, 3.8) is 0 Å². The van der Waals surface area contributed by atoms with Gasteiger partial charge in [0.1, 0.15) is 5.82 Å². The van der Waals surface area contributed by atoms with E-state index in [0.29, 0.717) is 23.7 Å². The number of aliphatic hydroxyl groups excluding tert-OH is 1. The van der Waals surface area contributed by atoms with Gasteiger partial charge in [0.25, 0.3) is 0 Å². The summed E-state index contributed by atoms with van der Waals surface area (Å²) in [6.07, 6.45) is 1.38. The van der Waals surface area contributed by atoms with Crippen molar-refractivity contribution in [2.24, 2.45) is 0 Å². The Bertz CT molecular complexity index is 425. The van der Waals surface area contributed by atoms with Crippen molar-refractivity contribution < 1.29 is 14.2 Å². The molecule has 0 saturated carbocycles. The molecule has 1 aromatic carbocycles. The zero-order valence-corrected chi connectivity index (χ0v) is 11.6. The van der Waals surface area contributed by atoms with E-state index in [1.54, 1.807) is 26.2 Å². The largest absolute Gasteiger partial charge is 0.388 e. The summed E-state index contributed by atoms with van der Waals surface area (Å²) in [4.78, 5) is 2.28. The smallest absolute Gasteiger partial charge is 0.126 e. The zero-order valence-electron chi connectivity index (χ0n) is 11.6. The van der Waals surface area contributed by atoms with Crippen LogP contribution in [0, 0.1) is 12.7 Å². The van der Waals surface area contributed by atoms with Crippen molar-refractivity contribution in [1.82, 2.24) is 4.90 Å². The van der Waals surface area contributed by atoms with Crippen LogP contribution < -0.4 is 0 Å². The summed E-state index contributed by atoms with van der Waals surface area (Å²) in [5.74, 6) is -0.253. The van der Waals surface area contributed by atoms with Gasteiger partial charge in [-0.1, -0.05) is 12.1 Å². The molecule has 2 rings (SSSR count). The van der Waals surface area contributed by atoms with Crippen LogP contribution in [0.15, 0.2) is 18.2 Å². The summed E-state index contributed by atoms with van der Waals surface area (Å²) in [6.45, 7) is 4.47. The maximum Gasteiger partial charge on any atom is 0.126 e. The number of hydrogen-bond acceptors (Lipinski definition) is 3. The normalized spacial score (nSPS) is 21.8. The molecule has 0 aromatic heterocycles. The van der Waals surface area contributed by atoms with Crippen LogP contribution in [0.1, 0.15) is 30.1 Å². The van der Waals surface area contributed by atoms with Crippen molar-refractivity contribution in [2.75, 3.05) is 26.7 Å². The second-order valence-corrected chi connectivity index (χ2v) is 5.26. The minimum absolute atomic E-state index is 0.253. The van der Waals surface area contributed by atoms with E-state index in [1.807, 2.05) is 0 Å². The van der Waals surface area contributed by atoms with Crippen molar-refractivity contribution >= 4 is 0 Å². The lowest BCUT2D eigenvalue weighted by molar-refractivity contribution is 0.102. The molecule has 2 unspecified atom stereocenters. The van der Waals surface area contributed by atoms with Crippen molar-refractivity contribution in [1.29, 1.82) is 0 Å². The van der Waals surface area contributed by atoms with E-state index in [2.05, 4.69) is 4.90 Å². The van der Waals surface area contributed by atoms with Crippen LogP contribution in [-0.2, 0) is 4.74 Å². The third-order valence-corrected chi connectivity index (χ3v) is 3.86. The van der Waals surface area contributed by atoms with E-state index in [-0.39, 0.29) is 5.82 Å². The Morgan fingerprint density at radius 2 is 2.32 bits per heavy atom. The Morgan fingerprint density at radius 1 is 1.53 bits per heavy atom. The van der Waals surface area contributed by atoms with E-state index in [4.69, 9.17) is 4.74 Å². The van der Waals surface area contributed by atoms with Gasteiger partial charge in [-0.25, -0.2) is 4.39 Å². The van der Waals surface area contributed by atoms with E-state index in [9.17, 15) is 9.50 Å². The van der Waals surface area contributed by atoms with Crippen LogP contribution in [0.5, 0.6) is 0 Å². The maximum absolute atomic E-state index is 13.4. The van der Waals surface area contributed by atoms with Crippen LogP contribution in [0.25, 0.3) is 0 Å². The van der Waals surface area contributed by atoms with Gasteiger partial charge in [-0.3, -0.25) is 0 Å². The lowest BCUT2D eigenvalue weighted by atomic mass is 10.0. The van der Waals surface area contributed by atoms with Gasteiger partial charge in [0, 0.05) is 26.7 Å². The second kappa shape index (κ2) is 6.46. The SMILES string of the molecule is COC1CCN(CCC(O)c2ccc(C)c(F)c2)C1. The van der Waals surface area contributed by atoms with E-state index < -0.39 is 6.10 Å². The predicted octanol–water partition coefficient (Wildman–Crippen LogP) is 2.28. The quantitative estimate of drug-likeness (QED) is 0.888. The fraction of sp³-hybridized carbons (Fsp3) is 0.600. The van der Waals surface area contributed by atoms with Gasteiger partial charge in [-0.05, 0) is 37.0 Å². The first kappa shape index (κ1) is 14.4. The highest BCUT2D eigenvalue weighted by Crippen LogP contribution is 2.21. The molecule has 0 spiro atoms. The average molecular weight is 267 g/mol. The molecule has 2 atom stereocenters. The highest BCUT2D eigenvalue weighted by molar-refractivity contribution is 5.24. The van der Waals surface area contributed by atoms with Crippen LogP contribution in [-0.4, -0.2) is 42.9 Å². The van der Waals surface area contributed by atoms with Gasteiger partial charge in [0.05, 0.1) is 12.2 Å². The topological polar surface area (TPSA) is 32.7 Å². The molecule has 106 valence electrons. The Balaban J connectivity index is 1.84. The number of ether oxygens (including phenoxy) is 1. The molecule has 4 heteroatoms. The van der Waals surface area contributed by atoms with Gasteiger partial charge in [-0.15, -0.1) is 0 Å². The number of benzene rings is 1. The molecule has 1 N–H and O–H groups in total. The van der Waals surface area contributed by atoms with E-state index in [1.165, 1.54) is 6.07 Å². The minimum atomic E-state index is -0.600. The molecular weight excluding hydrogens is 245 g/mol. The summed E-state index contributed by atoms with van der Waals surface area (Å²) < 4.78 is 18.7. The highest BCUT2D eigenvalue weighted by atomic mass is 19.1. The predicted molar refractivity (Wildman–Crippen MR) is 72.6 cm³/mol. The Hall–Kier alpha value is -0.970. The Labute approximate surface area is 114 Å². The second-order valence-electron chi connectivity index (χ2n) is 5.26. The summed E-state index contributed by atoms with van der Waals surface area (Å²) in [6, 6.07) is 4.94. The first-order valence-electron chi connectivity index (χ1n) is 6.79. The lowest BCUT2D eigenvalue weighted by Crippen LogP contribution is -2.25. The number of rotatable bonds is 5. The molecule has 0 aliphatic carbocycles. The van der Waals surface area contributed by atoms with E-state index >= 15 is 0 Å². The molecule has 1 aliphatic rings. The average Bonchev–Trinajstić information content (AvgIpc) is 2.87. The fourth-order valence-electron chi connectivity index (χ4n) is 2.48. The fourth-order valence-corrected chi connectivity index (χ4v) is 2.48. The van der Waals surface area contributed by atoms with Crippen LogP contribution in [0.3, 0.4) is 0 Å². The summed E-state index contributed by atoms with van der Waals surface area (Å²) in [7, 11) is 1.73. The molecule has 3 nitrogen and oxygen atoms in total. The molecule has 1 aliphatic heterocycles. The third-order valence-electron chi connectivity index (χ3n) is 3.86. The van der Waals surface area contributed by atoms with Crippen LogP contribution >= 0.6 is 0 Å². The van der Waals surface area contributed by atoms with Gasteiger partial charge < -0.3 is 14.7 Å². The Morgan fingerprint density at radius 3 is 2.95 bits per heavy atom. The number of likely N-dealkylation sites (tertiary alicyclic amines) is 1. The standard InChI is InChI=1S/C15H22FNO2/c1-11-3-4-12(9-14(11)16)15(18)6-8-17-7-5-13(10-17)19-2/h3-4,9,13,15,18H,5-8,10H2,1-2H3. The number of aliphatic hydroxyl groups is 1. The summed E-state index contributed by atoms with van der Waals surface area (Å²) in [5.41, 5.74) is 1.27. The van der Waals surface area contributed by atoms with Crippen molar-refractivity contribution in [3.05, 3.63) is 35.1 Å². The number of nitrogens with zero attached hydrogens (tertiary/aromatic N) is 1. The zero-order chi connectivity index (χ0) is 13.8. The summed E-state index contributed by atoms with van der Waals surface area (Å²) in [5, 5.41) is 10.1.